The minimum Gasteiger partial charge on any atom is -0.347 e. The predicted molar refractivity (Wildman–Crippen MR) is 93.6 cm³/mol. The zero-order valence-corrected chi connectivity index (χ0v) is 14.2. The standard InChI is InChI=1S/C17H16BrN3O2/c1-3-7-20-17(23)15-10-12(6-8-19-15)16(22)21-14-5-4-11(2)9-13(14)18/h3-6,8-10H,1,7H2,2H3,(H,20,23)(H,21,22). The number of halogens is 1. The van der Waals surface area contributed by atoms with Crippen LogP contribution in [-0.2, 0) is 0 Å². The van der Waals surface area contributed by atoms with Crippen LogP contribution in [0, 0.1) is 6.92 Å². The molecule has 2 N–H and O–H groups in total. The first-order valence-electron chi connectivity index (χ1n) is 6.94. The molecule has 0 spiro atoms. The molecule has 0 aliphatic rings. The minimum atomic E-state index is -0.351. The topological polar surface area (TPSA) is 71.1 Å². The third-order valence-electron chi connectivity index (χ3n) is 3.03. The summed E-state index contributed by atoms with van der Waals surface area (Å²) in [5, 5.41) is 5.42. The van der Waals surface area contributed by atoms with Gasteiger partial charge in [0.05, 0.1) is 5.69 Å². The molecule has 0 unspecified atom stereocenters. The van der Waals surface area contributed by atoms with E-state index in [0.29, 0.717) is 17.8 Å². The molecule has 2 amide bonds. The number of benzene rings is 1. The van der Waals surface area contributed by atoms with Gasteiger partial charge < -0.3 is 10.6 Å². The molecular formula is C17H16BrN3O2. The molecule has 118 valence electrons. The number of hydrogen-bond acceptors (Lipinski definition) is 3. The number of aryl methyl sites for hydroxylation is 1. The Kier molecular flexibility index (Phi) is 5.65. The lowest BCUT2D eigenvalue weighted by molar-refractivity contribution is 0.0953. The Balaban J connectivity index is 2.16. The third kappa shape index (κ3) is 4.50. The van der Waals surface area contributed by atoms with Gasteiger partial charge in [-0.3, -0.25) is 14.6 Å². The number of nitrogens with zero attached hydrogens (tertiary/aromatic N) is 1. The number of carbonyl (C=O) groups excluding carboxylic acids is 2. The van der Waals surface area contributed by atoms with E-state index in [1.165, 1.54) is 12.3 Å². The minimum absolute atomic E-state index is 0.183. The molecule has 0 fully saturated rings. The second-order valence-corrected chi connectivity index (χ2v) is 5.72. The van der Waals surface area contributed by atoms with Gasteiger partial charge in [-0.05, 0) is 52.7 Å². The van der Waals surface area contributed by atoms with E-state index in [4.69, 9.17) is 0 Å². The average molecular weight is 374 g/mol. The molecule has 0 radical (unpaired) electrons. The highest BCUT2D eigenvalue weighted by atomic mass is 79.9. The Morgan fingerprint density at radius 3 is 2.74 bits per heavy atom. The molecule has 0 aliphatic carbocycles. The Labute approximate surface area is 142 Å². The highest BCUT2D eigenvalue weighted by Gasteiger charge is 2.12. The van der Waals surface area contributed by atoms with E-state index in [2.05, 4.69) is 38.1 Å². The first-order chi connectivity index (χ1) is 11.0. The summed E-state index contributed by atoms with van der Waals surface area (Å²) >= 11 is 3.41. The third-order valence-corrected chi connectivity index (χ3v) is 3.69. The summed E-state index contributed by atoms with van der Waals surface area (Å²) in [5.74, 6) is -0.661. The quantitative estimate of drug-likeness (QED) is 0.789. The molecule has 2 aromatic rings. The molecule has 1 heterocycles. The van der Waals surface area contributed by atoms with Crippen LogP contribution in [0.4, 0.5) is 5.69 Å². The average Bonchev–Trinajstić information content (AvgIpc) is 2.55. The zero-order valence-electron chi connectivity index (χ0n) is 12.6. The van der Waals surface area contributed by atoms with Crippen molar-refractivity contribution in [3.8, 4) is 0 Å². The van der Waals surface area contributed by atoms with E-state index < -0.39 is 0 Å². The van der Waals surface area contributed by atoms with Crippen molar-refractivity contribution in [2.24, 2.45) is 0 Å². The van der Waals surface area contributed by atoms with E-state index >= 15 is 0 Å². The van der Waals surface area contributed by atoms with Crippen LogP contribution in [-0.4, -0.2) is 23.3 Å². The molecule has 23 heavy (non-hydrogen) atoms. The first kappa shape index (κ1) is 16.9. The van der Waals surface area contributed by atoms with E-state index in [-0.39, 0.29) is 17.5 Å². The van der Waals surface area contributed by atoms with E-state index in [9.17, 15) is 9.59 Å². The number of anilines is 1. The lowest BCUT2D eigenvalue weighted by Gasteiger charge is -2.09. The Hall–Kier alpha value is -2.47. The number of carbonyl (C=O) groups is 2. The van der Waals surface area contributed by atoms with E-state index in [0.717, 1.165) is 10.0 Å². The van der Waals surface area contributed by atoms with Gasteiger partial charge in [0.25, 0.3) is 11.8 Å². The maximum absolute atomic E-state index is 12.3. The van der Waals surface area contributed by atoms with Gasteiger partial charge in [0.1, 0.15) is 5.69 Å². The van der Waals surface area contributed by atoms with Crippen LogP contribution in [0.3, 0.4) is 0 Å². The molecule has 0 aliphatic heterocycles. The molecular weight excluding hydrogens is 358 g/mol. The Morgan fingerprint density at radius 2 is 2.04 bits per heavy atom. The summed E-state index contributed by atoms with van der Waals surface area (Å²) in [5.41, 5.74) is 2.29. The molecule has 1 aromatic heterocycles. The molecule has 6 heteroatoms. The van der Waals surface area contributed by atoms with Gasteiger partial charge in [0.15, 0.2) is 0 Å². The zero-order chi connectivity index (χ0) is 16.8. The summed E-state index contributed by atoms with van der Waals surface area (Å²) in [6.45, 7) is 5.84. The first-order valence-corrected chi connectivity index (χ1v) is 7.73. The highest BCUT2D eigenvalue weighted by Crippen LogP contribution is 2.23. The highest BCUT2D eigenvalue weighted by molar-refractivity contribution is 9.10. The summed E-state index contributed by atoms with van der Waals surface area (Å²) in [7, 11) is 0. The molecule has 0 saturated heterocycles. The van der Waals surface area contributed by atoms with Crippen molar-refractivity contribution in [3.63, 3.8) is 0 Å². The van der Waals surface area contributed by atoms with Crippen LogP contribution in [0.25, 0.3) is 0 Å². The predicted octanol–water partition coefficient (Wildman–Crippen LogP) is 3.32. The van der Waals surface area contributed by atoms with Gasteiger partial charge in [-0.15, -0.1) is 6.58 Å². The second kappa shape index (κ2) is 7.69. The maximum atomic E-state index is 12.3. The van der Waals surface area contributed by atoms with Crippen molar-refractivity contribution in [1.29, 1.82) is 0 Å². The fraction of sp³-hybridized carbons (Fsp3) is 0.118. The van der Waals surface area contributed by atoms with Crippen molar-refractivity contribution >= 4 is 33.4 Å². The Bertz CT molecular complexity index is 759. The lowest BCUT2D eigenvalue weighted by Crippen LogP contribution is -2.24. The molecule has 0 saturated carbocycles. The van der Waals surface area contributed by atoms with Gasteiger partial charge in [-0.1, -0.05) is 12.1 Å². The summed E-state index contributed by atoms with van der Waals surface area (Å²) in [6.07, 6.45) is 3.01. The van der Waals surface area contributed by atoms with E-state index in [1.807, 2.05) is 25.1 Å². The lowest BCUT2D eigenvalue weighted by atomic mass is 10.2. The smallest absolute Gasteiger partial charge is 0.270 e. The van der Waals surface area contributed by atoms with Gasteiger partial charge >= 0.3 is 0 Å². The summed E-state index contributed by atoms with van der Waals surface area (Å²) in [4.78, 5) is 28.2. The molecule has 5 nitrogen and oxygen atoms in total. The van der Waals surface area contributed by atoms with Crippen molar-refractivity contribution in [2.75, 3.05) is 11.9 Å². The second-order valence-electron chi connectivity index (χ2n) is 4.87. The van der Waals surface area contributed by atoms with Crippen LogP contribution in [0.5, 0.6) is 0 Å². The van der Waals surface area contributed by atoms with Gasteiger partial charge in [0, 0.05) is 22.8 Å². The number of pyridine rings is 1. The van der Waals surface area contributed by atoms with Crippen molar-refractivity contribution in [3.05, 3.63) is 70.5 Å². The molecule has 0 atom stereocenters. The van der Waals surface area contributed by atoms with Gasteiger partial charge in [0.2, 0.25) is 0 Å². The van der Waals surface area contributed by atoms with Crippen molar-refractivity contribution in [2.45, 2.75) is 6.92 Å². The molecule has 1 aromatic carbocycles. The van der Waals surface area contributed by atoms with Crippen LogP contribution in [0.2, 0.25) is 0 Å². The summed E-state index contributed by atoms with van der Waals surface area (Å²) in [6, 6.07) is 8.64. The Morgan fingerprint density at radius 1 is 1.26 bits per heavy atom. The van der Waals surface area contributed by atoms with Crippen LogP contribution in [0.1, 0.15) is 26.4 Å². The fourth-order valence-electron chi connectivity index (χ4n) is 1.87. The molecule has 2 rings (SSSR count). The maximum Gasteiger partial charge on any atom is 0.270 e. The number of hydrogen-bond donors (Lipinski definition) is 2. The SMILES string of the molecule is C=CCNC(=O)c1cc(C(=O)Nc2ccc(C)cc2Br)ccn1. The van der Waals surface area contributed by atoms with E-state index in [1.54, 1.807) is 12.1 Å². The van der Waals surface area contributed by atoms with Crippen LogP contribution < -0.4 is 10.6 Å². The summed E-state index contributed by atoms with van der Waals surface area (Å²) < 4.78 is 0.795. The number of amides is 2. The van der Waals surface area contributed by atoms with Gasteiger partial charge in [-0.25, -0.2) is 0 Å². The monoisotopic (exact) mass is 373 g/mol. The van der Waals surface area contributed by atoms with Gasteiger partial charge in [-0.2, -0.15) is 0 Å². The van der Waals surface area contributed by atoms with Crippen molar-refractivity contribution in [1.82, 2.24) is 10.3 Å². The van der Waals surface area contributed by atoms with Crippen LogP contribution >= 0.6 is 15.9 Å². The largest absolute Gasteiger partial charge is 0.347 e. The van der Waals surface area contributed by atoms with Crippen LogP contribution in [0.15, 0.2) is 53.7 Å². The normalized spacial score (nSPS) is 10.0. The number of aromatic nitrogens is 1. The van der Waals surface area contributed by atoms with Crippen molar-refractivity contribution < 1.29 is 9.59 Å². The fourth-order valence-corrected chi connectivity index (χ4v) is 2.46. The molecule has 0 bridgehead atoms. The number of nitrogens with one attached hydrogen (secondary N) is 2. The number of rotatable bonds is 5.